The van der Waals surface area contributed by atoms with Crippen LogP contribution < -0.4 is 5.59 Å². The van der Waals surface area contributed by atoms with Crippen LogP contribution in [0.15, 0.2) is 42.5 Å². The molecule has 0 aromatic heterocycles. The predicted molar refractivity (Wildman–Crippen MR) is 115 cm³/mol. The quantitative estimate of drug-likeness (QED) is 0.212. The summed E-state index contributed by atoms with van der Waals surface area (Å²) in [6.07, 6.45) is -5.40. The van der Waals surface area contributed by atoms with Gasteiger partial charge in [-0.1, -0.05) is 12.1 Å². The maximum absolute atomic E-state index is 13.0. The fourth-order valence-electron chi connectivity index (χ4n) is 3.84. The van der Waals surface area contributed by atoms with Crippen molar-refractivity contribution in [1.29, 1.82) is 0 Å². The van der Waals surface area contributed by atoms with Crippen LogP contribution in [0.2, 0.25) is 0 Å². The van der Waals surface area contributed by atoms with E-state index in [1.54, 1.807) is 25.1 Å². The molecule has 2 aromatic carbocycles. The van der Waals surface area contributed by atoms with Crippen LogP contribution in [0.25, 0.3) is 6.08 Å². The summed E-state index contributed by atoms with van der Waals surface area (Å²) in [7, 11) is 1.66. The average Bonchev–Trinajstić information content (AvgIpc) is 3.20. The van der Waals surface area contributed by atoms with E-state index in [1.165, 1.54) is 6.08 Å². The average molecular weight is 502 g/mol. The molecule has 0 radical (unpaired) electrons. The minimum absolute atomic E-state index is 0.0759. The normalized spacial score (nSPS) is 16.2. The van der Waals surface area contributed by atoms with Gasteiger partial charge in [0, 0.05) is 13.1 Å². The fraction of sp³-hybridized carbons (Fsp3) is 0.375. The van der Waals surface area contributed by atoms with Crippen LogP contribution in [-0.2, 0) is 39.7 Å². The molecule has 1 atom stereocenters. The lowest BCUT2D eigenvalue weighted by Crippen LogP contribution is -2.36. The number of ether oxygens (including phenoxy) is 1. The second kappa shape index (κ2) is 10.8. The standard InChI is InChI=1S/C24H24F6N2O3/c1-3-34-22(33)9-5-15-4-6-17-7-8-21(20(17)12-15)32(2)31-35-14-16-10-18(23(25,26)27)13-19(11-16)24(28,29)30/h4-6,9-13,21,31H,3,7-8,14H2,1-2H3/b9-5+. The number of rotatable bonds is 8. The second-order valence-corrected chi connectivity index (χ2v) is 8.00. The van der Waals surface area contributed by atoms with Crippen LogP contribution >= 0.6 is 0 Å². The van der Waals surface area contributed by atoms with Crippen molar-refractivity contribution >= 4 is 12.0 Å². The number of carbonyl (C=O) groups is 1. The molecule has 35 heavy (non-hydrogen) atoms. The van der Waals surface area contributed by atoms with Gasteiger partial charge in [0.05, 0.1) is 30.4 Å². The zero-order chi connectivity index (χ0) is 25.8. The van der Waals surface area contributed by atoms with Gasteiger partial charge in [0.15, 0.2) is 0 Å². The van der Waals surface area contributed by atoms with Crippen molar-refractivity contribution in [3.63, 3.8) is 0 Å². The number of fused-ring (bicyclic) bond motifs is 1. The van der Waals surface area contributed by atoms with Crippen molar-refractivity contribution in [3.05, 3.63) is 75.9 Å². The van der Waals surface area contributed by atoms with E-state index >= 15 is 0 Å². The van der Waals surface area contributed by atoms with E-state index in [0.29, 0.717) is 12.1 Å². The molecular weight excluding hydrogens is 478 g/mol. The molecule has 0 bridgehead atoms. The van der Waals surface area contributed by atoms with Crippen molar-refractivity contribution in [1.82, 2.24) is 10.6 Å². The lowest BCUT2D eigenvalue weighted by molar-refractivity contribution is -0.143. The van der Waals surface area contributed by atoms with Gasteiger partial charge in [-0.15, -0.1) is 5.59 Å². The number of carbonyl (C=O) groups excluding carboxylic acids is 1. The molecule has 5 nitrogen and oxygen atoms in total. The monoisotopic (exact) mass is 502 g/mol. The summed E-state index contributed by atoms with van der Waals surface area (Å²) < 4.78 is 83.1. The van der Waals surface area contributed by atoms with Crippen molar-refractivity contribution in [2.24, 2.45) is 0 Å². The molecule has 1 N–H and O–H groups in total. The Hall–Kier alpha value is -2.89. The van der Waals surface area contributed by atoms with Gasteiger partial charge in [-0.25, -0.2) is 9.80 Å². The van der Waals surface area contributed by atoms with E-state index in [4.69, 9.17) is 9.57 Å². The summed E-state index contributed by atoms with van der Waals surface area (Å²) in [5.74, 6) is -0.458. The van der Waals surface area contributed by atoms with Crippen LogP contribution in [-0.4, -0.2) is 24.6 Å². The topological polar surface area (TPSA) is 50.8 Å². The molecule has 1 aliphatic carbocycles. The number of halogens is 6. The van der Waals surface area contributed by atoms with E-state index in [1.807, 2.05) is 18.2 Å². The first-order valence-corrected chi connectivity index (χ1v) is 10.7. The van der Waals surface area contributed by atoms with Crippen molar-refractivity contribution in [3.8, 4) is 0 Å². The number of nitrogens with one attached hydrogen (secondary N) is 1. The number of hydrogen-bond donors (Lipinski definition) is 1. The molecule has 2 aromatic rings. The molecular formula is C24H24F6N2O3. The van der Waals surface area contributed by atoms with E-state index in [-0.39, 0.29) is 24.3 Å². The lowest BCUT2D eigenvalue weighted by Gasteiger charge is -2.25. The summed E-state index contributed by atoms with van der Waals surface area (Å²) >= 11 is 0. The van der Waals surface area contributed by atoms with Gasteiger partial charge in [0.25, 0.3) is 0 Å². The molecule has 11 heteroatoms. The molecule has 0 heterocycles. The summed E-state index contributed by atoms with van der Waals surface area (Å²) in [6, 6.07) is 6.89. The fourth-order valence-corrected chi connectivity index (χ4v) is 3.84. The Labute approximate surface area is 198 Å². The predicted octanol–water partition coefficient (Wildman–Crippen LogP) is 5.86. The zero-order valence-electron chi connectivity index (χ0n) is 19.0. The molecule has 0 saturated heterocycles. The van der Waals surface area contributed by atoms with Crippen LogP contribution in [0.4, 0.5) is 26.3 Å². The number of nitrogens with zero attached hydrogens (tertiary/aromatic N) is 1. The summed E-state index contributed by atoms with van der Waals surface area (Å²) in [6.45, 7) is 1.46. The highest BCUT2D eigenvalue weighted by molar-refractivity contribution is 5.87. The molecule has 0 spiro atoms. The Bertz CT molecular complexity index is 1050. The Morgan fingerprint density at radius 2 is 1.74 bits per heavy atom. The number of benzene rings is 2. The zero-order valence-corrected chi connectivity index (χ0v) is 19.0. The Morgan fingerprint density at radius 1 is 1.09 bits per heavy atom. The van der Waals surface area contributed by atoms with Crippen LogP contribution in [0.3, 0.4) is 0 Å². The van der Waals surface area contributed by atoms with Gasteiger partial charge in [0.2, 0.25) is 0 Å². The molecule has 0 saturated carbocycles. The highest BCUT2D eigenvalue weighted by Gasteiger charge is 2.37. The summed E-state index contributed by atoms with van der Waals surface area (Å²) in [4.78, 5) is 16.8. The SMILES string of the molecule is CCOC(=O)/C=C/c1ccc2c(c1)C(N(C)NOCc1cc(C(F)(F)F)cc(C(F)(F)F)c1)CC2. The third-order valence-electron chi connectivity index (χ3n) is 5.48. The lowest BCUT2D eigenvalue weighted by atomic mass is 10.0. The van der Waals surface area contributed by atoms with Crippen molar-refractivity contribution in [2.75, 3.05) is 13.7 Å². The maximum Gasteiger partial charge on any atom is 0.416 e. The first-order chi connectivity index (χ1) is 16.4. The summed E-state index contributed by atoms with van der Waals surface area (Å²) in [5, 5.41) is 1.60. The van der Waals surface area contributed by atoms with E-state index < -0.39 is 36.1 Å². The molecule has 190 valence electrons. The van der Waals surface area contributed by atoms with Crippen LogP contribution in [0.5, 0.6) is 0 Å². The number of esters is 1. The van der Waals surface area contributed by atoms with E-state index in [2.05, 4.69) is 5.59 Å². The van der Waals surface area contributed by atoms with Crippen LogP contribution in [0, 0.1) is 0 Å². The smallest absolute Gasteiger partial charge is 0.416 e. The highest BCUT2D eigenvalue weighted by atomic mass is 19.4. The first kappa shape index (κ1) is 26.7. The molecule has 0 aliphatic heterocycles. The van der Waals surface area contributed by atoms with Crippen molar-refractivity contribution in [2.45, 2.75) is 44.8 Å². The maximum atomic E-state index is 13.0. The summed E-state index contributed by atoms with van der Waals surface area (Å²) in [5.41, 5.74) is 2.36. The Morgan fingerprint density at radius 3 is 2.34 bits per heavy atom. The van der Waals surface area contributed by atoms with Gasteiger partial charge < -0.3 is 4.74 Å². The van der Waals surface area contributed by atoms with Gasteiger partial charge in [-0.3, -0.25) is 4.84 Å². The molecule has 3 rings (SSSR count). The highest BCUT2D eigenvalue weighted by Crippen LogP contribution is 2.37. The minimum Gasteiger partial charge on any atom is -0.463 e. The van der Waals surface area contributed by atoms with Crippen molar-refractivity contribution < 1.29 is 40.7 Å². The molecule has 1 unspecified atom stereocenters. The van der Waals surface area contributed by atoms with E-state index in [0.717, 1.165) is 29.5 Å². The number of hydrogen-bond acceptors (Lipinski definition) is 5. The number of hydrazine groups is 1. The molecule has 0 amide bonds. The van der Waals surface area contributed by atoms with Crippen LogP contribution in [0.1, 0.15) is 52.8 Å². The third-order valence-corrected chi connectivity index (χ3v) is 5.48. The molecule has 1 aliphatic rings. The van der Waals surface area contributed by atoms with Gasteiger partial charge in [-0.05, 0) is 72.4 Å². The largest absolute Gasteiger partial charge is 0.463 e. The molecule has 0 fully saturated rings. The number of alkyl halides is 6. The van der Waals surface area contributed by atoms with Gasteiger partial charge in [0.1, 0.15) is 0 Å². The first-order valence-electron chi connectivity index (χ1n) is 10.7. The third kappa shape index (κ3) is 7.06. The Balaban J connectivity index is 1.67. The Kier molecular flexibility index (Phi) is 8.24. The van der Waals surface area contributed by atoms with E-state index in [9.17, 15) is 31.1 Å². The van der Waals surface area contributed by atoms with Gasteiger partial charge >= 0.3 is 18.3 Å². The second-order valence-electron chi connectivity index (χ2n) is 8.00. The van der Waals surface area contributed by atoms with Gasteiger partial charge in [-0.2, -0.15) is 26.3 Å². The number of aryl methyl sites for hydroxylation is 1. The minimum atomic E-state index is -4.92.